The highest BCUT2D eigenvalue weighted by Crippen LogP contribution is 2.34. The monoisotopic (exact) mass is 433 g/mol. The van der Waals surface area contributed by atoms with E-state index in [4.69, 9.17) is 0 Å². The molecule has 0 saturated heterocycles. The van der Waals surface area contributed by atoms with Gasteiger partial charge in [0.2, 0.25) is 5.95 Å². The average molecular weight is 433 g/mol. The number of aromatic nitrogens is 4. The third-order valence-electron chi connectivity index (χ3n) is 4.70. The molecule has 9 heteroatoms. The van der Waals surface area contributed by atoms with Gasteiger partial charge in [-0.25, -0.2) is 19.2 Å². The van der Waals surface area contributed by atoms with Crippen LogP contribution in [0, 0.1) is 5.82 Å². The Balaban J connectivity index is 1.82. The molecule has 32 heavy (non-hydrogen) atoms. The maximum atomic E-state index is 14.6. The smallest absolute Gasteiger partial charge is 0.321 e. The van der Waals surface area contributed by atoms with Crippen LogP contribution in [-0.4, -0.2) is 38.6 Å². The van der Waals surface area contributed by atoms with Crippen molar-refractivity contribution >= 4 is 28.8 Å². The molecule has 4 rings (SSSR count). The lowest BCUT2D eigenvalue weighted by atomic mass is 10.0. The van der Waals surface area contributed by atoms with Gasteiger partial charge < -0.3 is 15.6 Å². The zero-order valence-electron chi connectivity index (χ0n) is 18.0. The number of imidazole rings is 1. The van der Waals surface area contributed by atoms with Crippen molar-refractivity contribution in [3.63, 3.8) is 0 Å². The first-order valence-electron chi connectivity index (χ1n) is 10.4. The summed E-state index contributed by atoms with van der Waals surface area (Å²) in [5.41, 5.74) is 3.51. The number of anilines is 2. The Hall–Kier alpha value is -4.01. The summed E-state index contributed by atoms with van der Waals surface area (Å²) in [5, 5.41) is 8.57. The van der Waals surface area contributed by atoms with Crippen LogP contribution in [0.1, 0.15) is 20.8 Å². The Morgan fingerprint density at radius 2 is 2.00 bits per heavy atom. The van der Waals surface area contributed by atoms with E-state index in [-0.39, 0.29) is 23.7 Å². The van der Waals surface area contributed by atoms with Crippen molar-refractivity contribution in [2.45, 2.75) is 26.8 Å². The molecule has 0 aliphatic carbocycles. The molecular formula is C23H24FN7O. The minimum atomic E-state index is -0.457. The Morgan fingerprint density at radius 1 is 1.16 bits per heavy atom. The number of halogens is 1. The number of carbonyl (C=O) groups is 1. The molecule has 0 aliphatic heterocycles. The molecule has 2 amide bonds. The average Bonchev–Trinajstić information content (AvgIpc) is 3.16. The summed E-state index contributed by atoms with van der Waals surface area (Å²) in [5.74, 6) is 0.577. The standard InChI is InChI=1S/C23H24FN7O/c1-4-25-23(32)31-22-29-18-11-15(14-7-8-19(27-12-14)28-13(2)3)10-16(21(18)30-22)20-17(24)6-5-9-26-20/h5-13H,4H2,1-3H3,(H,27,28)(H3,25,29,30,31,32). The molecule has 0 spiro atoms. The number of carbonyl (C=O) groups excluding carboxylic acids is 1. The minimum absolute atomic E-state index is 0.182. The van der Waals surface area contributed by atoms with Crippen molar-refractivity contribution in [3.8, 4) is 22.4 Å². The summed E-state index contributed by atoms with van der Waals surface area (Å²) in [6.07, 6.45) is 3.29. The molecule has 164 valence electrons. The number of nitrogens with one attached hydrogen (secondary N) is 4. The number of benzene rings is 1. The molecule has 3 aromatic heterocycles. The van der Waals surface area contributed by atoms with Gasteiger partial charge in [-0.3, -0.25) is 10.3 Å². The first-order valence-corrected chi connectivity index (χ1v) is 10.4. The molecule has 1 aromatic carbocycles. The number of hydrogen-bond donors (Lipinski definition) is 4. The van der Waals surface area contributed by atoms with Gasteiger partial charge in [0, 0.05) is 36.1 Å². The number of hydrogen-bond acceptors (Lipinski definition) is 5. The first kappa shape index (κ1) is 21.2. The third-order valence-corrected chi connectivity index (χ3v) is 4.70. The molecule has 0 saturated carbocycles. The second kappa shape index (κ2) is 9.01. The van der Waals surface area contributed by atoms with E-state index in [0.29, 0.717) is 23.1 Å². The molecule has 3 heterocycles. The van der Waals surface area contributed by atoms with Crippen LogP contribution in [0.5, 0.6) is 0 Å². The van der Waals surface area contributed by atoms with Gasteiger partial charge in [0.1, 0.15) is 22.8 Å². The van der Waals surface area contributed by atoms with Gasteiger partial charge in [-0.2, -0.15) is 0 Å². The van der Waals surface area contributed by atoms with Gasteiger partial charge in [0.25, 0.3) is 0 Å². The quantitative estimate of drug-likeness (QED) is 0.350. The SMILES string of the molecule is CCNC(=O)Nc1nc2c(-c3ncccc3F)cc(-c3ccc(NC(C)C)nc3)cc2[nH]1. The molecule has 8 nitrogen and oxygen atoms in total. The highest BCUT2D eigenvalue weighted by molar-refractivity contribution is 5.98. The number of nitrogens with zero attached hydrogens (tertiary/aromatic N) is 3. The van der Waals surface area contributed by atoms with Gasteiger partial charge in [0.05, 0.1) is 5.52 Å². The molecule has 0 aliphatic rings. The van der Waals surface area contributed by atoms with Crippen LogP contribution in [0.25, 0.3) is 33.4 Å². The predicted octanol–water partition coefficient (Wildman–Crippen LogP) is 4.79. The number of amides is 2. The lowest BCUT2D eigenvalue weighted by Gasteiger charge is -2.10. The van der Waals surface area contributed by atoms with E-state index < -0.39 is 5.82 Å². The summed E-state index contributed by atoms with van der Waals surface area (Å²) in [6, 6.07) is 10.3. The van der Waals surface area contributed by atoms with Gasteiger partial charge in [-0.05, 0) is 62.7 Å². The molecule has 0 bridgehead atoms. The highest BCUT2D eigenvalue weighted by Gasteiger charge is 2.17. The first-order chi connectivity index (χ1) is 15.4. The van der Waals surface area contributed by atoms with Crippen molar-refractivity contribution < 1.29 is 9.18 Å². The number of rotatable bonds is 6. The Kier molecular flexibility index (Phi) is 5.98. The van der Waals surface area contributed by atoms with Crippen molar-refractivity contribution in [2.75, 3.05) is 17.2 Å². The minimum Gasteiger partial charge on any atom is -0.368 e. The van der Waals surface area contributed by atoms with Crippen LogP contribution >= 0.6 is 0 Å². The fraction of sp³-hybridized carbons (Fsp3) is 0.217. The van der Waals surface area contributed by atoms with Gasteiger partial charge in [0.15, 0.2) is 0 Å². The van der Waals surface area contributed by atoms with Crippen LogP contribution in [0.15, 0.2) is 48.8 Å². The molecule has 0 unspecified atom stereocenters. The van der Waals surface area contributed by atoms with Gasteiger partial charge in [-0.15, -0.1) is 0 Å². The highest BCUT2D eigenvalue weighted by atomic mass is 19.1. The molecule has 0 radical (unpaired) electrons. The van der Waals surface area contributed by atoms with Crippen LogP contribution in [0.3, 0.4) is 0 Å². The third kappa shape index (κ3) is 4.51. The van der Waals surface area contributed by atoms with E-state index in [1.54, 1.807) is 6.20 Å². The Morgan fingerprint density at radius 3 is 2.69 bits per heavy atom. The number of aromatic amines is 1. The lowest BCUT2D eigenvalue weighted by molar-refractivity contribution is 0.252. The molecular weight excluding hydrogens is 409 g/mol. The molecule has 4 aromatic rings. The Labute approximate surface area is 184 Å². The number of urea groups is 1. The fourth-order valence-corrected chi connectivity index (χ4v) is 3.37. The second-order valence-corrected chi connectivity index (χ2v) is 7.55. The van der Waals surface area contributed by atoms with Gasteiger partial charge in [-0.1, -0.05) is 0 Å². The van der Waals surface area contributed by atoms with E-state index in [9.17, 15) is 9.18 Å². The summed E-state index contributed by atoms with van der Waals surface area (Å²) >= 11 is 0. The number of H-pyrrole nitrogens is 1. The van der Waals surface area contributed by atoms with Crippen molar-refractivity contribution in [1.29, 1.82) is 0 Å². The van der Waals surface area contributed by atoms with Crippen molar-refractivity contribution in [2.24, 2.45) is 0 Å². The van der Waals surface area contributed by atoms with E-state index in [2.05, 4.69) is 35.9 Å². The van der Waals surface area contributed by atoms with E-state index in [1.807, 2.05) is 45.0 Å². The molecule has 0 atom stereocenters. The summed E-state index contributed by atoms with van der Waals surface area (Å²) in [4.78, 5) is 28.2. The summed E-state index contributed by atoms with van der Waals surface area (Å²) < 4.78 is 14.6. The van der Waals surface area contributed by atoms with Gasteiger partial charge >= 0.3 is 6.03 Å². The number of pyridine rings is 2. The van der Waals surface area contributed by atoms with E-state index in [0.717, 1.165) is 16.9 Å². The largest absolute Gasteiger partial charge is 0.368 e. The molecule has 0 fully saturated rings. The zero-order valence-corrected chi connectivity index (χ0v) is 18.0. The van der Waals surface area contributed by atoms with Crippen LogP contribution < -0.4 is 16.0 Å². The van der Waals surface area contributed by atoms with E-state index in [1.165, 1.54) is 18.3 Å². The topological polar surface area (TPSA) is 108 Å². The van der Waals surface area contributed by atoms with Crippen molar-refractivity contribution in [3.05, 3.63) is 54.6 Å². The maximum Gasteiger partial charge on any atom is 0.321 e. The maximum absolute atomic E-state index is 14.6. The second-order valence-electron chi connectivity index (χ2n) is 7.55. The zero-order chi connectivity index (χ0) is 22.7. The molecule has 4 N–H and O–H groups in total. The van der Waals surface area contributed by atoms with Crippen LogP contribution in [0.2, 0.25) is 0 Å². The van der Waals surface area contributed by atoms with E-state index >= 15 is 0 Å². The van der Waals surface area contributed by atoms with Crippen LogP contribution in [0.4, 0.5) is 21.0 Å². The lowest BCUT2D eigenvalue weighted by Crippen LogP contribution is -2.28. The van der Waals surface area contributed by atoms with Crippen molar-refractivity contribution in [1.82, 2.24) is 25.3 Å². The predicted molar refractivity (Wildman–Crippen MR) is 124 cm³/mol. The number of fused-ring (bicyclic) bond motifs is 1. The summed E-state index contributed by atoms with van der Waals surface area (Å²) in [7, 11) is 0. The van der Waals surface area contributed by atoms with Crippen LogP contribution in [-0.2, 0) is 0 Å². The normalized spacial score (nSPS) is 11.0. The summed E-state index contributed by atoms with van der Waals surface area (Å²) in [6.45, 7) is 6.39. The fourth-order valence-electron chi connectivity index (χ4n) is 3.37. The Bertz CT molecular complexity index is 1250.